The lowest BCUT2D eigenvalue weighted by Gasteiger charge is -2.13. The first kappa shape index (κ1) is 19.2. The van der Waals surface area contributed by atoms with Crippen LogP contribution in [-0.2, 0) is 11.2 Å². The molecular formula is C20H27NOS2. The number of carbonyl (C=O) groups is 1. The number of nitrogens with zero attached hydrogens (tertiary/aromatic N) is 1. The van der Waals surface area contributed by atoms with Gasteiger partial charge in [0.2, 0.25) is 0 Å². The van der Waals surface area contributed by atoms with Crippen molar-refractivity contribution in [2.75, 3.05) is 6.54 Å². The maximum atomic E-state index is 12.5. The van der Waals surface area contributed by atoms with Crippen LogP contribution in [0, 0.1) is 0 Å². The van der Waals surface area contributed by atoms with E-state index in [1.165, 1.54) is 49.4 Å². The van der Waals surface area contributed by atoms with Crippen LogP contribution in [0.4, 0.5) is 0 Å². The van der Waals surface area contributed by atoms with E-state index in [9.17, 15) is 4.79 Å². The second-order valence-electron chi connectivity index (χ2n) is 6.19. The molecule has 0 radical (unpaired) electrons. The van der Waals surface area contributed by atoms with Gasteiger partial charge < -0.3 is 0 Å². The quantitative estimate of drug-likeness (QED) is 0.302. The molecule has 0 N–H and O–H groups in total. The molecule has 1 aliphatic rings. The zero-order chi connectivity index (χ0) is 17.2. The Bertz CT molecular complexity index is 568. The first-order valence-corrected chi connectivity index (χ1v) is 10.2. The summed E-state index contributed by atoms with van der Waals surface area (Å²) in [4.78, 5) is 15.1. The first-order valence-electron chi connectivity index (χ1n) is 9.00. The third kappa shape index (κ3) is 6.06. The fraction of sp³-hybridized carbons (Fsp3) is 0.500. The number of rotatable bonds is 10. The Morgan fingerprint density at radius 3 is 2.54 bits per heavy atom. The number of unbranched alkanes of at least 4 members (excludes halogenated alkanes) is 5. The van der Waals surface area contributed by atoms with Crippen LogP contribution in [0.3, 0.4) is 0 Å². The van der Waals surface area contributed by atoms with Crippen LogP contribution in [0.1, 0.15) is 57.4 Å². The predicted octanol–water partition coefficient (Wildman–Crippen LogP) is 5.72. The van der Waals surface area contributed by atoms with E-state index in [1.54, 1.807) is 4.90 Å². The topological polar surface area (TPSA) is 20.3 Å². The lowest BCUT2D eigenvalue weighted by Crippen LogP contribution is -2.29. The van der Waals surface area contributed by atoms with Crippen LogP contribution in [-0.4, -0.2) is 21.7 Å². The zero-order valence-electron chi connectivity index (χ0n) is 14.5. The van der Waals surface area contributed by atoms with E-state index in [0.717, 1.165) is 35.0 Å². The SMILES string of the molecule is CCCCCCCCN1C(=O)/C(=C/CCc2ccccc2)SC1=S. The third-order valence-electron chi connectivity index (χ3n) is 4.21. The van der Waals surface area contributed by atoms with Gasteiger partial charge in [-0.05, 0) is 24.8 Å². The van der Waals surface area contributed by atoms with Gasteiger partial charge >= 0.3 is 0 Å². The van der Waals surface area contributed by atoms with Crippen LogP contribution in [0.15, 0.2) is 41.3 Å². The first-order chi connectivity index (χ1) is 11.7. The fourth-order valence-corrected chi connectivity index (χ4v) is 4.11. The molecule has 1 heterocycles. The second kappa shape index (κ2) is 10.7. The minimum absolute atomic E-state index is 0.103. The lowest BCUT2D eigenvalue weighted by atomic mass is 10.1. The summed E-state index contributed by atoms with van der Waals surface area (Å²) in [5.74, 6) is 0.103. The molecule has 0 spiro atoms. The molecule has 1 aromatic rings. The maximum absolute atomic E-state index is 12.5. The van der Waals surface area contributed by atoms with Crippen LogP contribution >= 0.6 is 24.0 Å². The molecule has 4 heteroatoms. The van der Waals surface area contributed by atoms with Gasteiger partial charge in [-0.3, -0.25) is 9.69 Å². The highest BCUT2D eigenvalue weighted by molar-refractivity contribution is 8.26. The van der Waals surface area contributed by atoms with Crippen molar-refractivity contribution in [3.63, 3.8) is 0 Å². The van der Waals surface area contributed by atoms with Crippen molar-refractivity contribution in [1.29, 1.82) is 0 Å². The molecule has 2 nitrogen and oxygen atoms in total. The van der Waals surface area contributed by atoms with E-state index in [2.05, 4.69) is 31.2 Å². The Morgan fingerprint density at radius 2 is 1.79 bits per heavy atom. The third-order valence-corrected chi connectivity index (χ3v) is 5.64. The maximum Gasteiger partial charge on any atom is 0.265 e. The number of aryl methyl sites for hydroxylation is 1. The molecule has 1 fully saturated rings. The Morgan fingerprint density at radius 1 is 1.08 bits per heavy atom. The standard InChI is InChI=1S/C20H27NOS2/c1-2-3-4-5-6-10-16-21-19(22)18(24-20(21)23)15-11-14-17-12-8-7-9-13-17/h7-9,12-13,15H,2-6,10-11,14,16H2,1H3/b18-15-. The normalized spacial score (nSPS) is 16.4. The van der Waals surface area contributed by atoms with E-state index in [1.807, 2.05) is 12.1 Å². The van der Waals surface area contributed by atoms with Gasteiger partial charge in [0.05, 0.1) is 4.91 Å². The van der Waals surface area contributed by atoms with Crippen molar-refractivity contribution < 1.29 is 4.79 Å². The number of hydrogen-bond acceptors (Lipinski definition) is 3. The van der Waals surface area contributed by atoms with Crippen molar-refractivity contribution in [3.8, 4) is 0 Å². The second-order valence-corrected chi connectivity index (χ2v) is 7.86. The van der Waals surface area contributed by atoms with E-state index >= 15 is 0 Å². The van der Waals surface area contributed by atoms with Gasteiger partial charge in [0.25, 0.3) is 5.91 Å². The zero-order valence-corrected chi connectivity index (χ0v) is 16.1. The van der Waals surface area contributed by atoms with Gasteiger partial charge in [-0.25, -0.2) is 0 Å². The van der Waals surface area contributed by atoms with E-state index in [4.69, 9.17) is 12.2 Å². The van der Waals surface area contributed by atoms with Crippen molar-refractivity contribution in [3.05, 3.63) is 46.9 Å². The summed E-state index contributed by atoms with van der Waals surface area (Å²) in [6.07, 6.45) is 11.3. The molecule has 1 aromatic carbocycles. The molecule has 0 saturated carbocycles. The monoisotopic (exact) mass is 361 g/mol. The Hall–Kier alpha value is -1.13. The molecule has 0 unspecified atom stereocenters. The molecule has 1 saturated heterocycles. The molecule has 24 heavy (non-hydrogen) atoms. The van der Waals surface area contributed by atoms with Gasteiger partial charge in [0.1, 0.15) is 4.32 Å². The van der Waals surface area contributed by atoms with E-state index in [-0.39, 0.29) is 5.91 Å². The molecule has 1 amide bonds. The van der Waals surface area contributed by atoms with Gasteiger partial charge in [0, 0.05) is 6.54 Å². The number of allylic oxidation sites excluding steroid dienone is 1. The molecule has 0 aromatic heterocycles. The Labute approximate surface area is 155 Å². The highest BCUT2D eigenvalue weighted by atomic mass is 32.2. The summed E-state index contributed by atoms with van der Waals surface area (Å²) in [6.45, 7) is 3.00. The van der Waals surface area contributed by atoms with Crippen LogP contribution in [0.25, 0.3) is 0 Å². The van der Waals surface area contributed by atoms with Gasteiger partial charge in [-0.15, -0.1) is 0 Å². The average Bonchev–Trinajstić information content (AvgIpc) is 2.86. The Kier molecular flexibility index (Phi) is 8.54. The fourth-order valence-electron chi connectivity index (χ4n) is 2.80. The van der Waals surface area contributed by atoms with Gasteiger partial charge in [-0.1, -0.05) is 99.4 Å². The number of carbonyl (C=O) groups excluding carboxylic acids is 1. The van der Waals surface area contributed by atoms with Crippen molar-refractivity contribution in [2.45, 2.75) is 58.3 Å². The Balaban J connectivity index is 1.75. The van der Waals surface area contributed by atoms with Gasteiger partial charge in [0.15, 0.2) is 0 Å². The van der Waals surface area contributed by atoms with Crippen LogP contribution in [0.2, 0.25) is 0 Å². The molecule has 2 rings (SSSR count). The number of hydrogen-bond donors (Lipinski definition) is 0. The predicted molar refractivity (Wildman–Crippen MR) is 108 cm³/mol. The highest BCUT2D eigenvalue weighted by Gasteiger charge is 2.30. The summed E-state index contributed by atoms with van der Waals surface area (Å²) >= 11 is 6.84. The average molecular weight is 362 g/mol. The molecule has 130 valence electrons. The van der Waals surface area contributed by atoms with Crippen molar-refractivity contribution in [2.24, 2.45) is 0 Å². The van der Waals surface area contributed by atoms with E-state index in [0.29, 0.717) is 0 Å². The molecule has 0 bridgehead atoms. The lowest BCUT2D eigenvalue weighted by molar-refractivity contribution is -0.122. The minimum Gasteiger partial charge on any atom is -0.293 e. The van der Waals surface area contributed by atoms with Crippen molar-refractivity contribution >= 4 is 34.2 Å². The largest absolute Gasteiger partial charge is 0.293 e. The highest BCUT2D eigenvalue weighted by Crippen LogP contribution is 2.31. The van der Waals surface area contributed by atoms with E-state index < -0.39 is 0 Å². The number of thioether (sulfide) groups is 1. The summed E-state index contributed by atoms with van der Waals surface area (Å²) in [5.41, 5.74) is 1.30. The smallest absolute Gasteiger partial charge is 0.265 e. The summed E-state index contributed by atoms with van der Waals surface area (Å²) in [7, 11) is 0. The molecule has 0 aliphatic carbocycles. The van der Waals surface area contributed by atoms with Crippen molar-refractivity contribution in [1.82, 2.24) is 4.90 Å². The summed E-state index contributed by atoms with van der Waals surface area (Å²) in [5, 5.41) is 0. The summed E-state index contributed by atoms with van der Waals surface area (Å²) in [6, 6.07) is 10.4. The van der Waals surface area contributed by atoms with Gasteiger partial charge in [-0.2, -0.15) is 0 Å². The van der Waals surface area contributed by atoms with Crippen LogP contribution < -0.4 is 0 Å². The molecule has 0 atom stereocenters. The number of amides is 1. The molecular weight excluding hydrogens is 334 g/mol. The number of thiocarbonyl (C=S) groups is 1. The van der Waals surface area contributed by atoms with Crippen LogP contribution in [0.5, 0.6) is 0 Å². The molecule has 1 aliphatic heterocycles. The minimum atomic E-state index is 0.103. The summed E-state index contributed by atoms with van der Waals surface area (Å²) < 4.78 is 0.722. The number of benzene rings is 1.